The Bertz CT molecular complexity index is 862. The van der Waals surface area contributed by atoms with Crippen LogP contribution in [0.1, 0.15) is 55.8 Å². The molecule has 2 unspecified atom stereocenters. The van der Waals surface area contributed by atoms with Gasteiger partial charge in [0.15, 0.2) is 5.17 Å². The van der Waals surface area contributed by atoms with Crippen LogP contribution in [0.15, 0.2) is 29.3 Å². The van der Waals surface area contributed by atoms with Gasteiger partial charge >= 0.3 is 0 Å². The fourth-order valence-corrected chi connectivity index (χ4v) is 4.97. The van der Waals surface area contributed by atoms with Gasteiger partial charge in [-0.15, -0.1) is 0 Å². The van der Waals surface area contributed by atoms with E-state index in [1.54, 1.807) is 24.3 Å². The summed E-state index contributed by atoms with van der Waals surface area (Å²) in [5.41, 5.74) is 1.07. The molecule has 7 nitrogen and oxygen atoms in total. The number of anilines is 1. The van der Waals surface area contributed by atoms with E-state index >= 15 is 0 Å². The molecule has 1 aliphatic carbocycles. The minimum atomic E-state index is -0.479. The van der Waals surface area contributed by atoms with Crippen molar-refractivity contribution >= 4 is 40.3 Å². The molecule has 2 heterocycles. The molecule has 1 aromatic rings. The molecule has 2 atom stereocenters. The van der Waals surface area contributed by atoms with E-state index in [2.05, 4.69) is 20.5 Å². The summed E-state index contributed by atoms with van der Waals surface area (Å²) >= 11 is 1.39. The van der Waals surface area contributed by atoms with Gasteiger partial charge in [-0.1, -0.05) is 17.8 Å². The van der Waals surface area contributed by atoms with Gasteiger partial charge in [0, 0.05) is 36.8 Å². The highest BCUT2D eigenvalue weighted by Crippen LogP contribution is 2.32. The molecule has 8 heteroatoms. The maximum atomic E-state index is 12.5. The summed E-state index contributed by atoms with van der Waals surface area (Å²) in [6.45, 7) is 3.87. The monoisotopic (exact) mass is 428 g/mol. The summed E-state index contributed by atoms with van der Waals surface area (Å²) in [4.78, 5) is 43.5. The second kappa shape index (κ2) is 9.20. The van der Waals surface area contributed by atoms with Gasteiger partial charge in [0.05, 0.1) is 0 Å². The van der Waals surface area contributed by atoms with Crippen LogP contribution in [0, 0.1) is 5.92 Å². The van der Waals surface area contributed by atoms with Crippen molar-refractivity contribution in [2.24, 2.45) is 10.9 Å². The second-order valence-electron chi connectivity index (χ2n) is 8.32. The van der Waals surface area contributed by atoms with Crippen molar-refractivity contribution in [3.05, 3.63) is 29.8 Å². The number of thioether (sulfide) groups is 1. The quantitative estimate of drug-likeness (QED) is 0.727. The number of hydrogen-bond acceptors (Lipinski definition) is 5. The molecule has 30 heavy (non-hydrogen) atoms. The number of hydrogen-bond donors (Lipinski definition) is 2. The summed E-state index contributed by atoms with van der Waals surface area (Å²) in [5, 5.41) is 6.11. The molecular weight excluding hydrogens is 400 g/mol. The fourth-order valence-electron chi connectivity index (χ4n) is 3.85. The topological polar surface area (TPSA) is 90.9 Å². The zero-order chi connectivity index (χ0) is 21.1. The van der Waals surface area contributed by atoms with Crippen molar-refractivity contribution in [3.8, 4) is 0 Å². The first-order valence-corrected chi connectivity index (χ1v) is 11.6. The maximum absolute atomic E-state index is 12.5. The van der Waals surface area contributed by atoms with Crippen LogP contribution in [0.5, 0.6) is 0 Å². The molecule has 0 aromatic heterocycles. The van der Waals surface area contributed by atoms with E-state index in [9.17, 15) is 14.4 Å². The molecule has 4 rings (SSSR count). The SMILES string of the molecule is CC(NC(=O)c1cccc(NC(=O)CC2SC(N3CCCCC3)=NC2=O)c1)C1CC1. The minimum Gasteiger partial charge on any atom is -0.351 e. The molecule has 2 N–H and O–H groups in total. The zero-order valence-corrected chi connectivity index (χ0v) is 18.0. The summed E-state index contributed by atoms with van der Waals surface area (Å²) in [5.74, 6) is -0.0419. The van der Waals surface area contributed by atoms with Gasteiger partial charge in [-0.05, 0) is 63.1 Å². The van der Waals surface area contributed by atoms with Crippen molar-refractivity contribution in [2.75, 3.05) is 18.4 Å². The minimum absolute atomic E-state index is 0.0689. The predicted molar refractivity (Wildman–Crippen MR) is 119 cm³/mol. The smallest absolute Gasteiger partial charge is 0.262 e. The molecular formula is C22H28N4O3S. The van der Waals surface area contributed by atoms with Crippen molar-refractivity contribution < 1.29 is 14.4 Å². The number of nitrogens with one attached hydrogen (secondary N) is 2. The van der Waals surface area contributed by atoms with Crippen LogP contribution in [0.4, 0.5) is 5.69 Å². The van der Waals surface area contributed by atoms with E-state index < -0.39 is 5.25 Å². The van der Waals surface area contributed by atoms with Crippen LogP contribution in [0.2, 0.25) is 0 Å². The number of amides is 3. The molecule has 1 saturated carbocycles. The third-order valence-electron chi connectivity index (χ3n) is 5.82. The largest absolute Gasteiger partial charge is 0.351 e. The van der Waals surface area contributed by atoms with Gasteiger partial charge < -0.3 is 15.5 Å². The van der Waals surface area contributed by atoms with Crippen LogP contribution in [-0.4, -0.2) is 52.2 Å². The third kappa shape index (κ3) is 5.22. The lowest BCUT2D eigenvalue weighted by molar-refractivity contribution is -0.121. The Balaban J connectivity index is 1.30. The van der Waals surface area contributed by atoms with Gasteiger partial charge in [0.25, 0.3) is 11.8 Å². The molecule has 160 valence electrons. The third-order valence-corrected chi connectivity index (χ3v) is 7.04. The lowest BCUT2D eigenvalue weighted by atomic mass is 10.1. The number of carbonyl (C=O) groups is 3. The Kier molecular flexibility index (Phi) is 6.41. The predicted octanol–water partition coefficient (Wildman–Crippen LogP) is 3.03. The van der Waals surface area contributed by atoms with Crippen molar-refractivity contribution in [3.63, 3.8) is 0 Å². The Hall–Kier alpha value is -2.35. The Morgan fingerprint density at radius 3 is 2.73 bits per heavy atom. The number of amidine groups is 1. The highest BCUT2D eigenvalue weighted by Gasteiger charge is 2.33. The van der Waals surface area contributed by atoms with Crippen LogP contribution in [0.3, 0.4) is 0 Å². The Labute approximate surface area is 181 Å². The van der Waals surface area contributed by atoms with Crippen molar-refractivity contribution in [2.45, 2.75) is 56.7 Å². The highest BCUT2D eigenvalue weighted by molar-refractivity contribution is 8.15. The number of aliphatic imine (C=N–C) groups is 1. The first-order chi connectivity index (χ1) is 14.5. The lowest BCUT2D eigenvalue weighted by Gasteiger charge is -2.27. The number of nitrogens with zero attached hydrogens (tertiary/aromatic N) is 2. The van der Waals surface area contributed by atoms with E-state index in [-0.39, 0.29) is 30.2 Å². The Morgan fingerprint density at radius 2 is 2.00 bits per heavy atom. The van der Waals surface area contributed by atoms with Crippen molar-refractivity contribution in [1.29, 1.82) is 0 Å². The van der Waals surface area contributed by atoms with E-state index in [1.165, 1.54) is 31.0 Å². The molecule has 3 amide bonds. The van der Waals surface area contributed by atoms with Gasteiger partial charge in [0.2, 0.25) is 5.91 Å². The average Bonchev–Trinajstić information content (AvgIpc) is 3.53. The molecule has 0 bridgehead atoms. The van der Waals surface area contributed by atoms with Crippen molar-refractivity contribution in [1.82, 2.24) is 10.2 Å². The molecule has 0 spiro atoms. The fraction of sp³-hybridized carbons (Fsp3) is 0.545. The number of piperidine rings is 1. The van der Waals surface area contributed by atoms with Gasteiger partial charge in [-0.3, -0.25) is 14.4 Å². The second-order valence-corrected chi connectivity index (χ2v) is 9.49. The standard InChI is InChI=1S/C22H28N4O3S/c1-14(15-8-9-15)23-20(28)16-6-5-7-17(12-16)24-19(27)13-18-21(29)25-22(30-18)26-10-3-2-4-11-26/h5-7,12,14-15,18H,2-4,8-11,13H2,1H3,(H,23,28)(H,24,27). The maximum Gasteiger partial charge on any atom is 0.262 e. The summed E-state index contributed by atoms with van der Waals surface area (Å²) < 4.78 is 0. The average molecular weight is 429 g/mol. The number of rotatable bonds is 6. The molecule has 1 aromatic carbocycles. The molecule has 1 saturated heterocycles. The van der Waals surface area contributed by atoms with E-state index in [4.69, 9.17) is 0 Å². The van der Waals surface area contributed by atoms with Gasteiger partial charge in [0.1, 0.15) is 5.25 Å². The van der Waals surface area contributed by atoms with Crippen LogP contribution in [-0.2, 0) is 9.59 Å². The summed E-state index contributed by atoms with van der Waals surface area (Å²) in [6.07, 6.45) is 5.84. The highest BCUT2D eigenvalue weighted by atomic mass is 32.2. The van der Waals surface area contributed by atoms with Crippen LogP contribution >= 0.6 is 11.8 Å². The lowest BCUT2D eigenvalue weighted by Crippen LogP contribution is -2.34. The molecule has 2 fully saturated rings. The van der Waals surface area contributed by atoms with Gasteiger partial charge in [-0.25, -0.2) is 0 Å². The first-order valence-electron chi connectivity index (χ1n) is 10.7. The summed E-state index contributed by atoms with van der Waals surface area (Å²) in [7, 11) is 0. The number of benzene rings is 1. The number of carbonyl (C=O) groups excluding carboxylic acids is 3. The van der Waals surface area contributed by atoms with E-state index in [0.717, 1.165) is 31.1 Å². The Morgan fingerprint density at radius 1 is 1.23 bits per heavy atom. The van der Waals surface area contributed by atoms with E-state index in [1.807, 2.05) is 6.92 Å². The van der Waals surface area contributed by atoms with Crippen LogP contribution in [0.25, 0.3) is 0 Å². The molecule has 2 aliphatic heterocycles. The zero-order valence-electron chi connectivity index (χ0n) is 17.2. The molecule has 3 aliphatic rings. The van der Waals surface area contributed by atoms with Crippen LogP contribution < -0.4 is 10.6 Å². The first kappa shape index (κ1) is 20.9. The molecule has 0 radical (unpaired) electrons. The van der Waals surface area contributed by atoms with Gasteiger partial charge in [-0.2, -0.15) is 4.99 Å². The number of likely N-dealkylation sites (tertiary alicyclic amines) is 1. The normalized spacial score (nSPS) is 22.4. The summed E-state index contributed by atoms with van der Waals surface area (Å²) in [6, 6.07) is 7.07. The van der Waals surface area contributed by atoms with E-state index in [0.29, 0.717) is 17.2 Å².